The number of nitrogens with one attached hydrogen (secondary N) is 2. The molecular formula is C14H20N2O. The molecule has 1 amide bonds. The maximum atomic E-state index is 11.7. The Morgan fingerprint density at radius 3 is 3.24 bits per heavy atom. The van der Waals surface area contributed by atoms with Crippen molar-refractivity contribution < 1.29 is 4.79 Å². The molecule has 1 aliphatic carbocycles. The molecule has 2 rings (SSSR count). The van der Waals surface area contributed by atoms with Gasteiger partial charge in [-0.15, -0.1) is 0 Å². The number of allylic oxidation sites excluding steroid dienone is 5. The zero-order chi connectivity index (χ0) is 11.9. The Balaban J connectivity index is 1.68. The Morgan fingerprint density at radius 2 is 2.41 bits per heavy atom. The largest absolute Gasteiger partial charge is 0.354 e. The SMILES string of the molecule is O=C(NCCC1=CCC=CC=C1)[C@@H]1CCCN1. The Hall–Kier alpha value is -1.35. The van der Waals surface area contributed by atoms with E-state index in [2.05, 4.69) is 41.0 Å². The van der Waals surface area contributed by atoms with Gasteiger partial charge in [0.05, 0.1) is 6.04 Å². The van der Waals surface area contributed by atoms with Crippen LogP contribution in [0.1, 0.15) is 25.7 Å². The molecule has 0 aromatic rings. The van der Waals surface area contributed by atoms with Crippen molar-refractivity contribution in [2.24, 2.45) is 0 Å². The molecular weight excluding hydrogens is 212 g/mol. The van der Waals surface area contributed by atoms with Gasteiger partial charge < -0.3 is 10.6 Å². The standard InChI is InChI=1S/C14H20N2O/c17-14(13-8-5-10-15-13)16-11-9-12-6-3-1-2-4-7-12/h1-3,6-7,13,15H,4-5,8-11H2,(H,16,17)/t13-/m0/s1. The maximum Gasteiger partial charge on any atom is 0.237 e. The quantitative estimate of drug-likeness (QED) is 0.774. The average molecular weight is 232 g/mol. The molecule has 0 saturated carbocycles. The van der Waals surface area contributed by atoms with Gasteiger partial charge in [0, 0.05) is 6.54 Å². The third-order valence-electron chi connectivity index (χ3n) is 3.16. The molecule has 1 heterocycles. The molecule has 3 heteroatoms. The van der Waals surface area contributed by atoms with E-state index in [4.69, 9.17) is 0 Å². The van der Waals surface area contributed by atoms with E-state index in [1.165, 1.54) is 5.57 Å². The summed E-state index contributed by atoms with van der Waals surface area (Å²) in [5.41, 5.74) is 1.30. The summed E-state index contributed by atoms with van der Waals surface area (Å²) in [5, 5.41) is 6.20. The van der Waals surface area contributed by atoms with E-state index in [9.17, 15) is 4.79 Å². The Morgan fingerprint density at radius 1 is 1.47 bits per heavy atom. The molecule has 1 fully saturated rings. The van der Waals surface area contributed by atoms with Crippen LogP contribution in [0.25, 0.3) is 0 Å². The monoisotopic (exact) mass is 232 g/mol. The number of rotatable bonds is 4. The minimum Gasteiger partial charge on any atom is -0.354 e. The predicted molar refractivity (Wildman–Crippen MR) is 69.6 cm³/mol. The normalized spacial score (nSPS) is 23.3. The van der Waals surface area contributed by atoms with Gasteiger partial charge in [-0.1, -0.05) is 30.4 Å². The molecule has 2 N–H and O–H groups in total. The highest BCUT2D eigenvalue weighted by Gasteiger charge is 2.21. The fraction of sp³-hybridized carbons (Fsp3) is 0.500. The highest BCUT2D eigenvalue weighted by molar-refractivity contribution is 5.81. The summed E-state index contributed by atoms with van der Waals surface area (Å²) in [6, 6.07) is 0.0373. The van der Waals surface area contributed by atoms with Crippen LogP contribution in [0.2, 0.25) is 0 Å². The minimum absolute atomic E-state index is 0.0373. The van der Waals surface area contributed by atoms with Gasteiger partial charge in [-0.2, -0.15) is 0 Å². The summed E-state index contributed by atoms with van der Waals surface area (Å²) in [7, 11) is 0. The number of amides is 1. The molecule has 0 unspecified atom stereocenters. The van der Waals surface area contributed by atoms with Crippen LogP contribution in [0.5, 0.6) is 0 Å². The molecule has 1 atom stereocenters. The molecule has 2 aliphatic rings. The zero-order valence-corrected chi connectivity index (χ0v) is 10.1. The van der Waals surface area contributed by atoms with E-state index in [0.717, 1.165) is 38.8 Å². The number of carbonyl (C=O) groups is 1. The second-order valence-electron chi connectivity index (χ2n) is 4.49. The van der Waals surface area contributed by atoms with Gasteiger partial charge in [0.25, 0.3) is 0 Å². The van der Waals surface area contributed by atoms with Gasteiger partial charge in [0.2, 0.25) is 5.91 Å². The second-order valence-corrected chi connectivity index (χ2v) is 4.49. The fourth-order valence-electron chi connectivity index (χ4n) is 2.17. The highest BCUT2D eigenvalue weighted by Crippen LogP contribution is 2.09. The van der Waals surface area contributed by atoms with Crippen LogP contribution in [0, 0.1) is 0 Å². The average Bonchev–Trinajstić information content (AvgIpc) is 2.75. The first-order valence-corrected chi connectivity index (χ1v) is 6.39. The van der Waals surface area contributed by atoms with Crippen molar-refractivity contribution in [1.29, 1.82) is 0 Å². The molecule has 92 valence electrons. The smallest absolute Gasteiger partial charge is 0.237 e. The Labute approximate surface area is 103 Å². The van der Waals surface area contributed by atoms with E-state index in [0.29, 0.717) is 0 Å². The van der Waals surface area contributed by atoms with Crippen LogP contribution in [-0.2, 0) is 4.79 Å². The van der Waals surface area contributed by atoms with Crippen molar-refractivity contribution in [3.05, 3.63) is 36.0 Å². The van der Waals surface area contributed by atoms with Crippen LogP contribution in [0.15, 0.2) is 36.0 Å². The van der Waals surface area contributed by atoms with Crippen LogP contribution in [0.4, 0.5) is 0 Å². The zero-order valence-electron chi connectivity index (χ0n) is 10.1. The lowest BCUT2D eigenvalue weighted by Crippen LogP contribution is -2.40. The van der Waals surface area contributed by atoms with E-state index in [1.54, 1.807) is 0 Å². The van der Waals surface area contributed by atoms with Crippen molar-refractivity contribution in [3.63, 3.8) is 0 Å². The Bertz CT molecular complexity index is 349. The van der Waals surface area contributed by atoms with E-state index in [-0.39, 0.29) is 11.9 Å². The van der Waals surface area contributed by atoms with Gasteiger partial charge in [-0.25, -0.2) is 0 Å². The van der Waals surface area contributed by atoms with Crippen LogP contribution in [-0.4, -0.2) is 25.0 Å². The lowest BCUT2D eigenvalue weighted by atomic mass is 10.1. The molecule has 3 nitrogen and oxygen atoms in total. The summed E-state index contributed by atoms with van der Waals surface area (Å²) in [4.78, 5) is 11.7. The molecule has 0 radical (unpaired) electrons. The first-order valence-electron chi connectivity index (χ1n) is 6.39. The van der Waals surface area contributed by atoms with Crippen LogP contribution < -0.4 is 10.6 Å². The summed E-state index contributed by atoms with van der Waals surface area (Å²) < 4.78 is 0. The van der Waals surface area contributed by atoms with Crippen molar-refractivity contribution in [3.8, 4) is 0 Å². The van der Waals surface area contributed by atoms with Crippen molar-refractivity contribution >= 4 is 5.91 Å². The van der Waals surface area contributed by atoms with Gasteiger partial charge in [-0.05, 0) is 37.8 Å². The van der Waals surface area contributed by atoms with Crippen LogP contribution >= 0.6 is 0 Å². The molecule has 1 saturated heterocycles. The molecule has 0 spiro atoms. The third-order valence-corrected chi connectivity index (χ3v) is 3.16. The first kappa shape index (κ1) is 12.1. The summed E-state index contributed by atoms with van der Waals surface area (Å²) in [5.74, 6) is 0.152. The number of carbonyl (C=O) groups excluding carboxylic acids is 1. The van der Waals surface area contributed by atoms with Crippen molar-refractivity contribution in [1.82, 2.24) is 10.6 Å². The predicted octanol–water partition coefficient (Wildman–Crippen LogP) is 1.69. The molecule has 1 aliphatic heterocycles. The van der Waals surface area contributed by atoms with Crippen molar-refractivity contribution in [2.45, 2.75) is 31.7 Å². The van der Waals surface area contributed by atoms with E-state index >= 15 is 0 Å². The van der Waals surface area contributed by atoms with Gasteiger partial charge in [0.15, 0.2) is 0 Å². The number of hydrogen-bond acceptors (Lipinski definition) is 2. The summed E-state index contributed by atoms with van der Waals surface area (Å²) in [6.07, 6.45) is 14.5. The molecule has 0 bridgehead atoms. The van der Waals surface area contributed by atoms with E-state index in [1.807, 2.05) is 0 Å². The highest BCUT2D eigenvalue weighted by atomic mass is 16.2. The lowest BCUT2D eigenvalue weighted by Gasteiger charge is -2.11. The van der Waals surface area contributed by atoms with Gasteiger partial charge in [0.1, 0.15) is 0 Å². The minimum atomic E-state index is 0.0373. The first-order chi connectivity index (χ1) is 8.36. The maximum absolute atomic E-state index is 11.7. The lowest BCUT2D eigenvalue weighted by molar-refractivity contribution is -0.122. The summed E-state index contributed by atoms with van der Waals surface area (Å²) in [6.45, 7) is 1.70. The fourth-order valence-corrected chi connectivity index (χ4v) is 2.17. The van der Waals surface area contributed by atoms with Gasteiger partial charge >= 0.3 is 0 Å². The van der Waals surface area contributed by atoms with Crippen LogP contribution in [0.3, 0.4) is 0 Å². The molecule has 17 heavy (non-hydrogen) atoms. The molecule has 0 aromatic carbocycles. The Kier molecular flexibility index (Phi) is 4.56. The summed E-state index contributed by atoms with van der Waals surface area (Å²) >= 11 is 0. The second kappa shape index (κ2) is 6.40. The van der Waals surface area contributed by atoms with Gasteiger partial charge in [-0.3, -0.25) is 4.79 Å². The molecule has 0 aromatic heterocycles. The number of hydrogen-bond donors (Lipinski definition) is 2. The van der Waals surface area contributed by atoms with E-state index < -0.39 is 0 Å². The topological polar surface area (TPSA) is 41.1 Å². The third kappa shape index (κ3) is 3.86. The van der Waals surface area contributed by atoms with Crippen molar-refractivity contribution in [2.75, 3.05) is 13.1 Å².